The van der Waals surface area contributed by atoms with Crippen LogP contribution in [-0.2, 0) is 13.0 Å². The van der Waals surface area contributed by atoms with E-state index in [0.29, 0.717) is 0 Å². The maximum Gasteiger partial charge on any atom is 0.165 e. The molecule has 0 aliphatic carbocycles. The highest BCUT2D eigenvalue weighted by Crippen LogP contribution is 2.35. The van der Waals surface area contributed by atoms with Gasteiger partial charge in [0.15, 0.2) is 11.6 Å². The zero-order valence-electron chi connectivity index (χ0n) is 16.7. The van der Waals surface area contributed by atoms with Gasteiger partial charge in [-0.1, -0.05) is 36.4 Å². The molecular formula is C25H23FN2O2. The number of aromatic amines is 1. The summed E-state index contributed by atoms with van der Waals surface area (Å²) in [6.07, 6.45) is 0.995. The first kappa shape index (κ1) is 18.7. The molecule has 1 atom stereocenters. The fraction of sp³-hybridized carbons (Fsp3) is 0.200. The van der Waals surface area contributed by atoms with E-state index >= 15 is 0 Å². The van der Waals surface area contributed by atoms with Gasteiger partial charge in [-0.25, -0.2) is 4.39 Å². The molecular weight excluding hydrogens is 379 g/mol. The van der Waals surface area contributed by atoms with Crippen LogP contribution in [0, 0.1) is 5.82 Å². The number of para-hydroxylation sites is 2. The number of nitrogens with one attached hydrogen (secondary N) is 2. The number of benzene rings is 3. The van der Waals surface area contributed by atoms with Crippen molar-refractivity contribution < 1.29 is 13.9 Å². The molecule has 2 heterocycles. The van der Waals surface area contributed by atoms with Gasteiger partial charge in [0, 0.05) is 28.7 Å². The van der Waals surface area contributed by atoms with Gasteiger partial charge in [0.25, 0.3) is 0 Å². The van der Waals surface area contributed by atoms with Gasteiger partial charge in [-0.15, -0.1) is 0 Å². The summed E-state index contributed by atoms with van der Waals surface area (Å²) in [5.41, 5.74) is 5.73. The van der Waals surface area contributed by atoms with Crippen molar-refractivity contribution in [2.75, 3.05) is 13.7 Å². The fourth-order valence-electron chi connectivity index (χ4n) is 4.27. The van der Waals surface area contributed by atoms with Crippen LogP contribution in [0.1, 0.15) is 28.4 Å². The monoisotopic (exact) mass is 402 g/mol. The van der Waals surface area contributed by atoms with E-state index in [1.54, 1.807) is 25.3 Å². The molecule has 1 aliphatic heterocycles. The van der Waals surface area contributed by atoms with Gasteiger partial charge >= 0.3 is 0 Å². The van der Waals surface area contributed by atoms with E-state index in [2.05, 4.69) is 46.7 Å². The maximum absolute atomic E-state index is 13.9. The van der Waals surface area contributed by atoms with E-state index in [0.717, 1.165) is 35.4 Å². The van der Waals surface area contributed by atoms with Crippen LogP contribution < -0.4 is 14.8 Å². The van der Waals surface area contributed by atoms with Crippen LogP contribution in [0.15, 0.2) is 66.7 Å². The van der Waals surface area contributed by atoms with E-state index in [4.69, 9.17) is 9.47 Å². The lowest BCUT2D eigenvalue weighted by atomic mass is 9.93. The topological polar surface area (TPSA) is 46.3 Å². The molecule has 0 bridgehead atoms. The van der Waals surface area contributed by atoms with Crippen LogP contribution in [-0.4, -0.2) is 18.6 Å². The van der Waals surface area contributed by atoms with E-state index in [9.17, 15) is 4.39 Å². The number of aromatic nitrogens is 1. The first-order chi connectivity index (χ1) is 14.7. The van der Waals surface area contributed by atoms with E-state index < -0.39 is 0 Å². The van der Waals surface area contributed by atoms with Gasteiger partial charge in [-0.05, 0) is 47.9 Å². The molecule has 0 saturated heterocycles. The second kappa shape index (κ2) is 7.84. The molecule has 1 aromatic heterocycles. The Morgan fingerprint density at radius 1 is 1.00 bits per heavy atom. The van der Waals surface area contributed by atoms with Crippen molar-refractivity contribution in [3.8, 4) is 11.5 Å². The van der Waals surface area contributed by atoms with Crippen molar-refractivity contribution in [2.24, 2.45) is 0 Å². The Bertz CT molecular complexity index is 1200. The van der Waals surface area contributed by atoms with Crippen molar-refractivity contribution in [1.29, 1.82) is 0 Å². The molecule has 0 saturated carbocycles. The molecule has 152 valence electrons. The highest BCUT2D eigenvalue weighted by molar-refractivity contribution is 5.85. The first-order valence-corrected chi connectivity index (χ1v) is 10.1. The zero-order chi connectivity index (χ0) is 20.5. The Balaban J connectivity index is 1.49. The molecule has 5 heteroatoms. The standard InChI is InChI=1S/C25H23FN2O2/c1-29-22-11-10-16(14-17(22)15-30-23-9-5-3-7-20(23)26)24-25-19(12-13-27-24)18-6-2-4-8-21(18)28-25/h2-11,14,24,27-28H,12-13,15H2,1H3/t24-/m1/s1. The van der Waals surface area contributed by atoms with Crippen molar-refractivity contribution in [1.82, 2.24) is 10.3 Å². The van der Waals surface area contributed by atoms with E-state index in [1.807, 2.05) is 6.07 Å². The Hall–Kier alpha value is -3.31. The molecule has 0 spiro atoms. The van der Waals surface area contributed by atoms with E-state index in [1.165, 1.54) is 22.7 Å². The van der Waals surface area contributed by atoms with Gasteiger partial charge in [-0.2, -0.15) is 0 Å². The minimum Gasteiger partial charge on any atom is -0.496 e. The third-order valence-corrected chi connectivity index (χ3v) is 5.72. The number of hydrogen-bond donors (Lipinski definition) is 2. The highest BCUT2D eigenvalue weighted by atomic mass is 19.1. The quantitative estimate of drug-likeness (QED) is 0.487. The van der Waals surface area contributed by atoms with E-state index in [-0.39, 0.29) is 24.2 Å². The Morgan fingerprint density at radius 3 is 2.70 bits per heavy atom. The van der Waals surface area contributed by atoms with Gasteiger partial charge in [0.1, 0.15) is 12.4 Å². The molecule has 30 heavy (non-hydrogen) atoms. The van der Waals surface area contributed by atoms with Crippen LogP contribution in [0.25, 0.3) is 10.9 Å². The number of H-pyrrole nitrogens is 1. The predicted molar refractivity (Wildman–Crippen MR) is 116 cm³/mol. The molecule has 1 aliphatic rings. The summed E-state index contributed by atoms with van der Waals surface area (Å²) in [5, 5.41) is 4.91. The van der Waals surface area contributed by atoms with Crippen LogP contribution in [0.3, 0.4) is 0 Å². The van der Waals surface area contributed by atoms with Crippen LogP contribution in [0.5, 0.6) is 11.5 Å². The zero-order valence-corrected chi connectivity index (χ0v) is 16.7. The van der Waals surface area contributed by atoms with Crippen molar-refractivity contribution >= 4 is 10.9 Å². The fourth-order valence-corrected chi connectivity index (χ4v) is 4.27. The molecule has 0 radical (unpaired) electrons. The molecule has 0 unspecified atom stereocenters. The molecule has 4 nitrogen and oxygen atoms in total. The molecule has 3 aromatic carbocycles. The number of hydrogen-bond acceptors (Lipinski definition) is 3. The van der Waals surface area contributed by atoms with Crippen LogP contribution in [0.4, 0.5) is 4.39 Å². The number of methoxy groups -OCH3 is 1. The normalized spacial score (nSPS) is 15.7. The summed E-state index contributed by atoms with van der Waals surface area (Å²) >= 11 is 0. The van der Waals surface area contributed by atoms with Gasteiger partial charge in [0.2, 0.25) is 0 Å². The largest absolute Gasteiger partial charge is 0.496 e. The summed E-state index contributed by atoms with van der Waals surface area (Å²) in [7, 11) is 1.64. The summed E-state index contributed by atoms with van der Waals surface area (Å²) in [4.78, 5) is 3.60. The average Bonchev–Trinajstić information content (AvgIpc) is 3.17. The van der Waals surface area contributed by atoms with Crippen molar-refractivity contribution in [3.63, 3.8) is 0 Å². The Kier molecular flexibility index (Phi) is 4.89. The first-order valence-electron chi connectivity index (χ1n) is 10.1. The molecule has 0 fully saturated rings. The lowest BCUT2D eigenvalue weighted by Crippen LogP contribution is -2.30. The Labute approximate surface area is 174 Å². The summed E-state index contributed by atoms with van der Waals surface area (Å²) in [6.45, 7) is 1.14. The lowest BCUT2D eigenvalue weighted by molar-refractivity contribution is 0.282. The summed E-state index contributed by atoms with van der Waals surface area (Å²) < 4.78 is 25.2. The number of rotatable bonds is 5. The summed E-state index contributed by atoms with van der Waals surface area (Å²) in [5.74, 6) is 0.589. The predicted octanol–water partition coefficient (Wildman–Crippen LogP) is 5.13. The maximum atomic E-state index is 13.9. The minimum absolute atomic E-state index is 0.0549. The smallest absolute Gasteiger partial charge is 0.165 e. The Morgan fingerprint density at radius 2 is 1.83 bits per heavy atom. The molecule has 2 N–H and O–H groups in total. The minimum atomic E-state index is -0.371. The number of halogens is 1. The second-order valence-corrected chi connectivity index (χ2v) is 7.49. The van der Waals surface area contributed by atoms with Gasteiger partial charge in [-0.3, -0.25) is 0 Å². The number of fused-ring (bicyclic) bond motifs is 3. The van der Waals surface area contributed by atoms with Crippen molar-refractivity contribution in [3.05, 3.63) is 94.9 Å². The highest BCUT2D eigenvalue weighted by Gasteiger charge is 2.25. The molecule has 5 rings (SSSR count). The van der Waals surface area contributed by atoms with Crippen molar-refractivity contribution in [2.45, 2.75) is 19.1 Å². The molecule has 0 amide bonds. The number of ether oxygens (including phenoxy) is 2. The lowest BCUT2D eigenvalue weighted by Gasteiger charge is -2.25. The third kappa shape index (κ3) is 3.31. The van der Waals surface area contributed by atoms with Gasteiger partial charge < -0.3 is 19.8 Å². The van der Waals surface area contributed by atoms with Gasteiger partial charge in [0.05, 0.1) is 13.2 Å². The SMILES string of the molecule is COc1ccc([C@H]2NCCc3c2[nH]c2ccccc32)cc1COc1ccccc1F. The molecule has 4 aromatic rings. The summed E-state index contributed by atoms with van der Waals surface area (Å²) in [6, 6.07) is 21.0. The second-order valence-electron chi connectivity index (χ2n) is 7.49. The van der Waals surface area contributed by atoms with Crippen LogP contribution >= 0.6 is 0 Å². The average molecular weight is 402 g/mol. The van der Waals surface area contributed by atoms with Crippen LogP contribution in [0.2, 0.25) is 0 Å². The third-order valence-electron chi connectivity index (χ3n) is 5.72.